The third-order valence-electron chi connectivity index (χ3n) is 3.80. The maximum Gasteiger partial charge on any atom is 0.0181 e. The Morgan fingerprint density at radius 2 is 2.14 bits per heavy atom. The second-order valence-corrected chi connectivity index (χ2v) is 5.06. The molecule has 2 N–H and O–H groups in total. The van der Waals surface area contributed by atoms with Gasteiger partial charge in [0.2, 0.25) is 0 Å². The normalized spacial score (nSPS) is 27.9. The summed E-state index contributed by atoms with van der Waals surface area (Å²) in [6, 6.07) is 0. The highest BCUT2D eigenvalue weighted by Gasteiger charge is 2.36. The van der Waals surface area contributed by atoms with E-state index in [1.807, 2.05) is 0 Å². The molecule has 2 heteroatoms. The fraction of sp³-hybridized carbons (Fsp3) is 1.00. The van der Waals surface area contributed by atoms with E-state index < -0.39 is 0 Å². The van der Waals surface area contributed by atoms with Crippen LogP contribution < -0.4 is 5.73 Å². The molecule has 2 nitrogen and oxygen atoms in total. The summed E-state index contributed by atoms with van der Waals surface area (Å²) in [5.41, 5.74) is 6.05. The Morgan fingerprint density at radius 3 is 2.71 bits per heavy atom. The van der Waals surface area contributed by atoms with Gasteiger partial charge in [0.25, 0.3) is 0 Å². The van der Waals surface area contributed by atoms with E-state index in [1.54, 1.807) is 0 Å². The Kier molecular flexibility index (Phi) is 4.39. The van der Waals surface area contributed by atoms with Crippen LogP contribution >= 0.6 is 0 Å². The Bertz CT molecular complexity index is 146. The molecule has 1 fully saturated rings. The Balaban J connectivity index is 2.60. The number of nitrogens with two attached hydrogens (primary N) is 1. The van der Waals surface area contributed by atoms with Crippen LogP contribution in [-0.2, 0) is 0 Å². The zero-order valence-electron chi connectivity index (χ0n) is 10.1. The monoisotopic (exact) mass is 198 g/mol. The maximum absolute atomic E-state index is 5.68. The third-order valence-corrected chi connectivity index (χ3v) is 3.80. The van der Waals surface area contributed by atoms with E-state index in [-0.39, 0.29) is 0 Å². The van der Waals surface area contributed by atoms with Crippen LogP contribution in [0.1, 0.15) is 46.5 Å². The number of nitrogens with zero attached hydrogens (tertiary/aromatic N) is 1. The van der Waals surface area contributed by atoms with Crippen molar-refractivity contribution < 1.29 is 0 Å². The lowest BCUT2D eigenvalue weighted by Crippen LogP contribution is -2.53. The lowest BCUT2D eigenvalue weighted by Gasteiger charge is -2.48. The first-order chi connectivity index (χ1) is 6.62. The largest absolute Gasteiger partial charge is 0.330 e. The van der Waals surface area contributed by atoms with Crippen LogP contribution in [0.5, 0.6) is 0 Å². The van der Waals surface area contributed by atoms with E-state index in [0.717, 1.165) is 12.5 Å². The summed E-state index contributed by atoms with van der Waals surface area (Å²) in [5.74, 6) is 0.799. The van der Waals surface area contributed by atoms with Gasteiger partial charge in [-0.25, -0.2) is 0 Å². The van der Waals surface area contributed by atoms with E-state index in [1.165, 1.54) is 38.8 Å². The SMILES string of the molecule is CCCN1CCCC(CCN)C1(C)C. The smallest absolute Gasteiger partial charge is 0.0181 e. The van der Waals surface area contributed by atoms with E-state index in [4.69, 9.17) is 5.73 Å². The predicted octanol–water partition coefficient (Wildman–Crippen LogP) is 2.24. The quantitative estimate of drug-likeness (QED) is 0.750. The van der Waals surface area contributed by atoms with Crippen molar-refractivity contribution in [2.24, 2.45) is 11.7 Å². The fourth-order valence-corrected chi connectivity index (χ4v) is 2.80. The van der Waals surface area contributed by atoms with E-state index in [9.17, 15) is 0 Å². The number of rotatable bonds is 4. The topological polar surface area (TPSA) is 29.3 Å². The van der Waals surface area contributed by atoms with Crippen LogP contribution in [-0.4, -0.2) is 30.1 Å². The van der Waals surface area contributed by atoms with E-state index >= 15 is 0 Å². The first-order valence-corrected chi connectivity index (χ1v) is 6.08. The fourth-order valence-electron chi connectivity index (χ4n) is 2.80. The minimum absolute atomic E-state index is 0.369. The molecule has 1 saturated heterocycles. The molecule has 1 aliphatic rings. The average Bonchev–Trinajstić information content (AvgIpc) is 2.13. The second kappa shape index (κ2) is 5.13. The van der Waals surface area contributed by atoms with E-state index in [2.05, 4.69) is 25.7 Å². The maximum atomic E-state index is 5.68. The van der Waals surface area contributed by atoms with E-state index in [0.29, 0.717) is 5.54 Å². The van der Waals surface area contributed by atoms with Crippen LogP contribution in [0.25, 0.3) is 0 Å². The first kappa shape index (κ1) is 12.0. The third kappa shape index (κ3) is 2.48. The zero-order chi connectivity index (χ0) is 10.6. The van der Waals surface area contributed by atoms with Crippen molar-refractivity contribution in [2.75, 3.05) is 19.6 Å². The lowest BCUT2D eigenvalue weighted by atomic mass is 9.77. The van der Waals surface area contributed by atoms with Gasteiger partial charge in [0.05, 0.1) is 0 Å². The Labute approximate surface area is 88.8 Å². The van der Waals surface area contributed by atoms with Crippen molar-refractivity contribution in [3.8, 4) is 0 Å². The summed E-state index contributed by atoms with van der Waals surface area (Å²) < 4.78 is 0. The number of hydrogen-bond donors (Lipinski definition) is 1. The molecule has 0 aromatic heterocycles. The summed E-state index contributed by atoms with van der Waals surface area (Å²) in [6.07, 6.45) is 5.17. The van der Waals surface area contributed by atoms with Crippen molar-refractivity contribution >= 4 is 0 Å². The molecule has 1 heterocycles. The highest BCUT2D eigenvalue weighted by atomic mass is 15.2. The lowest BCUT2D eigenvalue weighted by molar-refractivity contribution is 0.0193. The minimum atomic E-state index is 0.369. The molecule has 0 saturated carbocycles. The molecule has 0 aromatic carbocycles. The molecule has 84 valence electrons. The minimum Gasteiger partial charge on any atom is -0.330 e. The van der Waals surface area contributed by atoms with Crippen molar-refractivity contribution in [2.45, 2.75) is 52.0 Å². The van der Waals surface area contributed by atoms with Crippen LogP contribution in [0, 0.1) is 5.92 Å². The van der Waals surface area contributed by atoms with Crippen molar-refractivity contribution in [1.82, 2.24) is 4.90 Å². The molecule has 0 radical (unpaired) electrons. The van der Waals surface area contributed by atoms with Crippen molar-refractivity contribution in [1.29, 1.82) is 0 Å². The Morgan fingerprint density at radius 1 is 1.43 bits per heavy atom. The molecule has 1 unspecified atom stereocenters. The summed E-state index contributed by atoms with van der Waals surface area (Å²) >= 11 is 0. The molecule has 0 aromatic rings. The summed E-state index contributed by atoms with van der Waals surface area (Å²) in [4.78, 5) is 2.65. The van der Waals surface area contributed by atoms with Crippen LogP contribution in [0.2, 0.25) is 0 Å². The number of likely N-dealkylation sites (tertiary alicyclic amines) is 1. The average molecular weight is 198 g/mol. The molecular weight excluding hydrogens is 172 g/mol. The summed E-state index contributed by atoms with van der Waals surface area (Å²) in [6.45, 7) is 10.4. The standard InChI is InChI=1S/C12H26N2/c1-4-9-14-10-5-6-11(7-8-13)12(14,2)3/h11H,4-10,13H2,1-3H3. The van der Waals surface area contributed by atoms with Crippen molar-refractivity contribution in [3.05, 3.63) is 0 Å². The molecule has 14 heavy (non-hydrogen) atoms. The van der Waals surface area contributed by atoms with Gasteiger partial charge in [0.1, 0.15) is 0 Å². The van der Waals surface area contributed by atoms with Gasteiger partial charge in [0, 0.05) is 5.54 Å². The number of hydrogen-bond acceptors (Lipinski definition) is 2. The van der Waals surface area contributed by atoms with Crippen molar-refractivity contribution in [3.63, 3.8) is 0 Å². The summed E-state index contributed by atoms with van der Waals surface area (Å²) in [7, 11) is 0. The molecule has 1 rings (SSSR count). The van der Waals surface area contributed by atoms with Gasteiger partial charge in [-0.2, -0.15) is 0 Å². The van der Waals surface area contributed by atoms with Gasteiger partial charge in [0.15, 0.2) is 0 Å². The van der Waals surface area contributed by atoms with Gasteiger partial charge in [-0.1, -0.05) is 6.92 Å². The highest BCUT2D eigenvalue weighted by Crippen LogP contribution is 2.35. The molecule has 0 spiro atoms. The molecule has 0 bridgehead atoms. The van der Waals surface area contributed by atoms with Gasteiger partial charge < -0.3 is 5.73 Å². The van der Waals surface area contributed by atoms with Crippen LogP contribution in [0.3, 0.4) is 0 Å². The molecule has 0 aliphatic carbocycles. The Hall–Kier alpha value is -0.0800. The molecule has 0 amide bonds. The summed E-state index contributed by atoms with van der Waals surface area (Å²) in [5, 5.41) is 0. The molecular formula is C12H26N2. The molecule has 1 aliphatic heterocycles. The predicted molar refractivity (Wildman–Crippen MR) is 62.3 cm³/mol. The van der Waals surface area contributed by atoms with Gasteiger partial charge in [-0.15, -0.1) is 0 Å². The highest BCUT2D eigenvalue weighted by molar-refractivity contribution is 4.92. The molecule has 1 atom stereocenters. The second-order valence-electron chi connectivity index (χ2n) is 5.06. The van der Waals surface area contributed by atoms with Crippen LogP contribution in [0.15, 0.2) is 0 Å². The zero-order valence-corrected chi connectivity index (χ0v) is 10.1. The van der Waals surface area contributed by atoms with Gasteiger partial charge >= 0.3 is 0 Å². The first-order valence-electron chi connectivity index (χ1n) is 6.08. The van der Waals surface area contributed by atoms with Gasteiger partial charge in [-0.3, -0.25) is 4.90 Å². The van der Waals surface area contributed by atoms with Gasteiger partial charge in [-0.05, 0) is 65.1 Å². The number of piperidine rings is 1. The van der Waals surface area contributed by atoms with Crippen LogP contribution in [0.4, 0.5) is 0 Å².